The molecule has 0 aliphatic rings. The first-order chi connectivity index (χ1) is 8.36. The molecule has 6 nitrogen and oxygen atoms in total. The Labute approximate surface area is 98.1 Å². The molecule has 0 unspecified atom stereocenters. The van der Waals surface area contributed by atoms with Crippen molar-refractivity contribution in [2.45, 2.75) is 6.61 Å². The number of nitro groups is 1. The van der Waals surface area contributed by atoms with E-state index in [0.717, 1.165) is 7.11 Å². The Morgan fingerprint density at radius 3 is 2.50 bits per heavy atom. The first kappa shape index (κ1) is 13.7. The van der Waals surface area contributed by atoms with Crippen LogP contribution in [0.5, 0.6) is 5.75 Å². The van der Waals surface area contributed by atoms with Gasteiger partial charge in [-0.25, -0.2) is 4.79 Å². The molecule has 0 spiro atoms. The lowest BCUT2D eigenvalue weighted by Gasteiger charge is -2.07. The number of hydrogen-bond acceptors (Lipinski definition) is 5. The van der Waals surface area contributed by atoms with Crippen molar-refractivity contribution in [2.75, 3.05) is 7.11 Å². The number of carbonyl (C=O) groups excluding carboxylic acids is 1. The highest BCUT2D eigenvalue weighted by atomic mass is 19.3. The van der Waals surface area contributed by atoms with Crippen LogP contribution in [0.25, 0.3) is 0 Å². The number of carbonyl (C=O) groups is 1. The monoisotopic (exact) mass is 265 g/mol. The van der Waals surface area contributed by atoms with Crippen LogP contribution in [0.4, 0.5) is 18.9 Å². The van der Waals surface area contributed by atoms with E-state index < -0.39 is 40.3 Å². The van der Waals surface area contributed by atoms with Crippen LogP contribution in [0.15, 0.2) is 12.1 Å². The molecule has 1 aromatic rings. The molecule has 0 aliphatic heterocycles. The highest BCUT2D eigenvalue weighted by molar-refractivity contribution is 5.90. The van der Waals surface area contributed by atoms with E-state index in [1.807, 2.05) is 0 Å². The fourth-order valence-electron chi connectivity index (χ4n) is 1.17. The van der Waals surface area contributed by atoms with Gasteiger partial charge in [0, 0.05) is 6.07 Å². The standard InChI is InChI=1S/C9H6F3NO5/c1-17-8(14)4-2-5(10)7(13(15)16)6(3-4)18-9(11)12/h2-3,9H,1H3. The Bertz CT molecular complexity index is 491. The van der Waals surface area contributed by atoms with E-state index in [2.05, 4.69) is 9.47 Å². The largest absolute Gasteiger partial charge is 0.465 e. The smallest absolute Gasteiger partial charge is 0.387 e. The van der Waals surface area contributed by atoms with Gasteiger partial charge >= 0.3 is 18.3 Å². The molecule has 0 aliphatic carbocycles. The SMILES string of the molecule is COC(=O)c1cc(F)c([N+](=O)[O-])c(OC(F)F)c1. The lowest BCUT2D eigenvalue weighted by atomic mass is 10.2. The summed E-state index contributed by atoms with van der Waals surface area (Å²) in [5.74, 6) is -3.56. The fraction of sp³-hybridized carbons (Fsp3) is 0.222. The van der Waals surface area contributed by atoms with Crippen molar-refractivity contribution in [1.29, 1.82) is 0 Å². The van der Waals surface area contributed by atoms with Gasteiger partial charge < -0.3 is 9.47 Å². The maximum Gasteiger partial charge on any atom is 0.387 e. The molecule has 0 saturated heterocycles. The van der Waals surface area contributed by atoms with Crippen molar-refractivity contribution < 1.29 is 32.4 Å². The maximum atomic E-state index is 13.3. The van der Waals surface area contributed by atoms with Gasteiger partial charge in [0.2, 0.25) is 11.6 Å². The number of benzene rings is 1. The number of halogens is 3. The summed E-state index contributed by atoms with van der Waals surface area (Å²) in [6.07, 6.45) is 0. The minimum Gasteiger partial charge on any atom is -0.465 e. The predicted molar refractivity (Wildman–Crippen MR) is 51.0 cm³/mol. The summed E-state index contributed by atoms with van der Waals surface area (Å²) in [6.45, 7) is -3.39. The molecule has 0 amide bonds. The number of hydrogen-bond donors (Lipinski definition) is 0. The zero-order chi connectivity index (χ0) is 13.9. The number of ether oxygens (including phenoxy) is 2. The first-order valence-corrected chi connectivity index (χ1v) is 4.38. The molecule has 9 heteroatoms. The van der Waals surface area contributed by atoms with Gasteiger partial charge in [0.15, 0.2) is 0 Å². The molecular formula is C9H6F3NO5. The summed E-state index contributed by atoms with van der Waals surface area (Å²) >= 11 is 0. The van der Waals surface area contributed by atoms with Crippen LogP contribution in [0.3, 0.4) is 0 Å². The predicted octanol–water partition coefficient (Wildman–Crippen LogP) is 2.12. The molecule has 1 rings (SSSR count). The van der Waals surface area contributed by atoms with Crippen molar-refractivity contribution in [3.63, 3.8) is 0 Å². The van der Waals surface area contributed by atoms with E-state index in [0.29, 0.717) is 12.1 Å². The number of methoxy groups -OCH3 is 1. The number of nitro benzene ring substituents is 1. The Hall–Kier alpha value is -2.32. The minimum atomic E-state index is -3.39. The van der Waals surface area contributed by atoms with Crippen LogP contribution < -0.4 is 4.74 Å². The van der Waals surface area contributed by atoms with Gasteiger partial charge in [0.1, 0.15) is 0 Å². The molecule has 1 aromatic carbocycles. The van der Waals surface area contributed by atoms with Gasteiger partial charge in [0.05, 0.1) is 17.6 Å². The molecule has 0 N–H and O–H groups in total. The molecular weight excluding hydrogens is 259 g/mol. The molecule has 0 aromatic heterocycles. The normalized spacial score (nSPS) is 10.3. The fourth-order valence-corrected chi connectivity index (χ4v) is 1.17. The summed E-state index contributed by atoms with van der Waals surface area (Å²) in [5, 5.41) is 10.5. The molecule has 0 saturated carbocycles. The van der Waals surface area contributed by atoms with Crippen molar-refractivity contribution >= 4 is 11.7 Å². The molecule has 0 bridgehead atoms. The van der Waals surface area contributed by atoms with Gasteiger partial charge in [-0.1, -0.05) is 0 Å². The zero-order valence-electron chi connectivity index (χ0n) is 8.85. The third-order valence-electron chi connectivity index (χ3n) is 1.85. The van der Waals surface area contributed by atoms with Gasteiger partial charge in [-0.3, -0.25) is 10.1 Å². The number of alkyl halides is 2. The topological polar surface area (TPSA) is 78.7 Å². The second kappa shape index (κ2) is 5.34. The number of nitrogens with zero attached hydrogens (tertiary/aromatic N) is 1. The van der Waals surface area contributed by atoms with E-state index in [-0.39, 0.29) is 0 Å². The van der Waals surface area contributed by atoms with Gasteiger partial charge in [-0.15, -0.1) is 0 Å². The Morgan fingerprint density at radius 2 is 2.06 bits per heavy atom. The maximum absolute atomic E-state index is 13.3. The first-order valence-electron chi connectivity index (χ1n) is 4.38. The summed E-state index contributed by atoms with van der Waals surface area (Å²) in [4.78, 5) is 20.4. The lowest BCUT2D eigenvalue weighted by molar-refractivity contribution is -0.389. The average molecular weight is 265 g/mol. The second-order valence-corrected chi connectivity index (χ2v) is 2.93. The van der Waals surface area contributed by atoms with Crippen molar-refractivity contribution in [3.8, 4) is 5.75 Å². The van der Waals surface area contributed by atoms with Crippen LogP contribution in [-0.2, 0) is 4.74 Å². The molecule has 0 fully saturated rings. The van der Waals surface area contributed by atoms with E-state index in [1.165, 1.54) is 0 Å². The van der Waals surface area contributed by atoms with Crippen LogP contribution >= 0.6 is 0 Å². The summed E-state index contributed by atoms with van der Waals surface area (Å²) < 4.78 is 45.4. The van der Waals surface area contributed by atoms with E-state index in [9.17, 15) is 28.1 Å². The highest BCUT2D eigenvalue weighted by Gasteiger charge is 2.27. The molecule has 0 atom stereocenters. The third kappa shape index (κ3) is 2.87. The average Bonchev–Trinajstić information content (AvgIpc) is 2.25. The van der Waals surface area contributed by atoms with Crippen molar-refractivity contribution in [1.82, 2.24) is 0 Å². The molecule has 98 valence electrons. The Kier molecular flexibility index (Phi) is 4.08. The number of rotatable bonds is 4. The van der Waals surface area contributed by atoms with Crippen molar-refractivity contribution in [2.24, 2.45) is 0 Å². The lowest BCUT2D eigenvalue weighted by Crippen LogP contribution is -2.09. The number of esters is 1. The van der Waals surface area contributed by atoms with Gasteiger partial charge in [0.25, 0.3) is 0 Å². The summed E-state index contributed by atoms with van der Waals surface area (Å²) in [6, 6.07) is 1.11. The zero-order valence-corrected chi connectivity index (χ0v) is 8.85. The van der Waals surface area contributed by atoms with Gasteiger partial charge in [-0.2, -0.15) is 13.2 Å². The quantitative estimate of drug-likeness (QED) is 0.473. The summed E-state index contributed by atoms with van der Waals surface area (Å²) in [5.41, 5.74) is -1.75. The molecule has 18 heavy (non-hydrogen) atoms. The van der Waals surface area contributed by atoms with Gasteiger partial charge in [-0.05, 0) is 6.07 Å². The Morgan fingerprint density at radius 1 is 1.44 bits per heavy atom. The van der Waals surface area contributed by atoms with E-state index in [1.54, 1.807) is 0 Å². The van der Waals surface area contributed by atoms with E-state index >= 15 is 0 Å². The molecule has 0 heterocycles. The van der Waals surface area contributed by atoms with Crippen LogP contribution in [0.2, 0.25) is 0 Å². The molecule has 0 radical (unpaired) electrons. The highest BCUT2D eigenvalue weighted by Crippen LogP contribution is 2.32. The summed E-state index contributed by atoms with van der Waals surface area (Å²) in [7, 11) is 0.981. The van der Waals surface area contributed by atoms with Crippen LogP contribution in [0.1, 0.15) is 10.4 Å². The minimum absolute atomic E-state index is 0.476. The van der Waals surface area contributed by atoms with Crippen LogP contribution in [-0.4, -0.2) is 24.6 Å². The van der Waals surface area contributed by atoms with Crippen molar-refractivity contribution in [3.05, 3.63) is 33.6 Å². The van der Waals surface area contributed by atoms with E-state index in [4.69, 9.17) is 0 Å². The third-order valence-corrected chi connectivity index (χ3v) is 1.85. The van der Waals surface area contributed by atoms with Crippen LogP contribution in [0, 0.1) is 15.9 Å². The second-order valence-electron chi connectivity index (χ2n) is 2.93. The Balaban J connectivity index is 3.36.